The van der Waals surface area contributed by atoms with Crippen LogP contribution in [0.15, 0.2) is 24.3 Å². The molecule has 1 N–H and O–H groups in total. The van der Waals surface area contributed by atoms with Gasteiger partial charge >= 0.3 is 5.97 Å². The van der Waals surface area contributed by atoms with Crippen molar-refractivity contribution in [1.82, 2.24) is 19.7 Å². The Labute approximate surface area is 155 Å². The first kappa shape index (κ1) is 18.3. The number of para-hydroxylation sites is 1. The van der Waals surface area contributed by atoms with Crippen molar-refractivity contribution < 1.29 is 19.4 Å². The lowest BCUT2D eigenvalue weighted by Gasteiger charge is -2.32. The second kappa shape index (κ2) is 7.84. The summed E-state index contributed by atoms with van der Waals surface area (Å²) in [7, 11) is 0. The number of hydrogen-bond donors (Lipinski definition) is 1. The fourth-order valence-electron chi connectivity index (χ4n) is 2.97. The first-order chi connectivity index (χ1) is 12.5. The Morgan fingerprint density at radius 1 is 1.35 bits per heavy atom. The van der Waals surface area contributed by atoms with Crippen LogP contribution in [0, 0.1) is 6.92 Å². The Balaban J connectivity index is 1.91. The number of benzene rings is 1. The lowest BCUT2D eigenvalue weighted by Crippen LogP contribution is -2.46. The number of carbonyl (C=O) groups excluding carboxylic acids is 1. The molecule has 1 aromatic carbocycles. The normalized spacial score (nSPS) is 15.0. The van der Waals surface area contributed by atoms with Gasteiger partial charge in [-0.15, -0.1) is 5.10 Å². The van der Waals surface area contributed by atoms with Crippen molar-refractivity contribution in [2.75, 3.05) is 19.8 Å². The molecule has 0 bridgehead atoms. The van der Waals surface area contributed by atoms with E-state index in [2.05, 4.69) is 10.1 Å². The van der Waals surface area contributed by atoms with Crippen molar-refractivity contribution in [1.29, 1.82) is 0 Å². The largest absolute Gasteiger partial charge is 0.480 e. The van der Waals surface area contributed by atoms with Crippen LogP contribution in [-0.4, -0.2) is 62.4 Å². The van der Waals surface area contributed by atoms with Crippen molar-refractivity contribution in [3.63, 3.8) is 0 Å². The smallest absolute Gasteiger partial charge is 0.323 e. The van der Waals surface area contributed by atoms with E-state index in [1.165, 1.54) is 9.58 Å². The molecule has 1 aromatic heterocycles. The number of carboxylic acids is 1. The van der Waals surface area contributed by atoms with Gasteiger partial charge in [0.25, 0.3) is 5.91 Å². The zero-order valence-corrected chi connectivity index (χ0v) is 15.0. The number of aromatic nitrogens is 3. The number of aliphatic carboxylic acids is 1. The number of carbonyl (C=O) groups is 2. The average molecular weight is 379 g/mol. The highest BCUT2D eigenvalue weighted by Crippen LogP contribution is 2.21. The van der Waals surface area contributed by atoms with Gasteiger partial charge in [0.2, 0.25) is 5.82 Å². The maximum atomic E-state index is 12.9. The molecule has 3 rings (SSSR count). The fourth-order valence-corrected chi connectivity index (χ4v) is 3.19. The minimum absolute atomic E-state index is 0.0461. The Bertz CT molecular complexity index is 817. The van der Waals surface area contributed by atoms with Gasteiger partial charge in [0.15, 0.2) is 0 Å². The predicted molar refractivity (Wildman–Crippen MR) is 93.6 cm³/mol. The van der Waals surface area contributed by atoms with Crippen molar-refractivity contribution in [2.45, 2.75) is 25.8 Å². The molecule has 8 nitrogen and oxygen atoms in total. The summed E-state index contributed by atoms with van der Waals surface area (Å²) in [6.45, 7) is 2.30. The molecule has 1 aliphatic rings. The molecule has 1 amide bonds. The number of ether oxygens (including phenoxy) is 1. The van der Waals surface area contributed by atoms with Crippen molar-refractivity contribution in [2.24, 2.45) is 0 Å². The summed E-state index contributed by atoms with van der Waals surface area (Å²) in [6.07, 6.45) is 1.17. The maximum absolute atomic E-state index is 12.9. The summed E-state index contributed by atoms with van der Waals surface area (Å²) in [5.41, 5.74) is 0.606. The molecule has 0 spiro atoms. The van der Waals surface area contributed by atoms with Gasteiger partial charge in [0.05, 0.1) is 10.7 Å². The molecule has 1 saturated heterocycles. The third kappa shape index (κ3) is 3.86. The summed E-state index contributed by atoms with van der Waals surface area (Å²) in [5, 5.41) is 13.9. The Hall–Kier alpha value is -2.45. The average Bonchev–Trinajstić information content (AvgIpc) is 3.02. The summed E-state index contributed by atoms with van der Waals surface area (Å²) in [5.74, 6) is -1.14. The predicted octanol–water partition coefficient (Wildman–Crippen LogP) is 1.93. The molecule has 9 heteroatoms. The second-order valence-electron chi connectivity index (χ2n) is 6.02. The minimum Gasteiger partial charge on any atom is -0.480 e. The highest BCUT2D eigenvalue weighted by atomic mass is 35.5. The highest BCUT2D eigenvalue weighted by Gasteiger charge is 2.31. The van der Waals surface area contributed by atoms with E-state index in [4.69, 9.17) is 16.3 Å². The quantitative estimate of drug-likeness (QED) is 0.853. The SMILES string of the molecule is Cc1nc(C(=O)N(CC(=O)O)C2CCOCC2)nn1-c1ccccc1Cl. The van der Waals surface area contributed by atoms with Crippen molar-refractivity contribution >= 4 is 23.5 Å². The van der Waals surface area contributed by atoms with E-state index in [0.717, 1.165) is 0 Å². The highest BCUT2D eigenvalue weighted by molar-refractivity contribution is 6.32. The van der Waals surface area contributed by atoms with E-state index in [1.54, 1.807) is 25.1 Å². The molecule has 26 heavy (non-hydrogen) atoms. The Kier molecular flexibility index (Phi) is 5.53. The van der Waals surface area contributed by atoms with E-state index in [-0.39, 0.29) is 11.9 Å². The summed E-state index contributed by atoms with van der Waals surface area (Å²) in [4.78, 5) is 29.7. The third-order valence-corrected chi connectivity index (χ3v) is 4.56. The van der Waals surface area contributed by atoms with Gasteiger partial charge < -0.3 is 14.7 Å². The summed E-state index contributed by atoms with van der Waals surface area (Å²) < 4.78 is 6.78. The first-order valence-corrected chi connectivity index (χ1v) is 8.64. The molecule has 0 aliphatic carbocycles. The molecule has 0 unspecified atom stereocenters. The molecule has 1 aliphatic heterocycles. The molecule has 2 heterocycles. The fraction of sp³-hybridized carbons (Fsp3) is 0.412. The van der Waals surface area contributed by atoms with Gasteiger partial charge in [0, 0.05) is 19.3 Å². The van der Waals surface area contributed by atoms with Crippen LogP contribution < -0.4 is 0 Å². The van der Waals surface area contributed by atoms with Gasteiger partial charge in [-0.25, -0.2) is 9.67 Å². The lowest BCUT2D eigenvalue weighted by atomic mass is 10.1. The molecule has 0 saturated carbocycles. The Morgan fingerprint density at radius 2 is 2.04 bits per heavy atom. The standard InChI is InChI=1S/C17H19ClN4O4/c1-11-19-16(20-22(11)14-5-3-2-4-13(14)18)17(25)21(10-15(23)24)12-6-8-26-9-7-12/h2-5,12H,6-10H2,1H3,(H,23,24). The van der Waals surface area contributed by atoms with Gasteiger partial charge in [0.1, 0.15) is 12.4 Å². The molecule has 138 valence electrons. The number of halogens is 1. The molecule has 0 atom stereocenters. The van der Waals surface area contributed by atoms with Crippen LogP contribution in [0.2, 0.25) is 5.02 Å². The number of rotatable bonds is 5. The summed E-state index contributed by atoms with van der Waals surface area (Å²) in [6, 6.07) is 6.89. The molecule has 0 radical (unpaired) electrons. The van der Waals surface area contributed by atoms with Crippen LogP contribution in [0.25, 0.3) is 5.69 Å². The zero-order valence-electron chi connectivity index (χ0n) is 14.3. The van der Waals surface area contributed by atoms with Crippen LogP contribution in [0.1, 0.15) is 29.3 Å². The van der Waals surface area contributed by atoms with Gasteiger partial charge in [-0.2, -0.15) is 0 Å². The lowest BCUT2D eigenvalue weighted by molar-refractivity contribution is -0.138. The van der Waals surface area contributed by atoms with E-state index < -0.39 is 18.4 Å². The molecular weight excluding hydrogens is 360 g/mol. The molecule has 2 aromatic rings. The van der Waals surface area contributed by atoms with Crippen LogP contribution >= 0.6 is 11.6 Å². The minimum atomic E-state index is -1.08. The van der Waals surface area contributed by atoms with Crippen molar-refractivity contribution in [3.05, 3.63) is 40.9 Å². The zero-order chi connectivity index (χ0) is 18.7. The van der Waals surface area contributed by atoms with Crippen LogP contribution in [0.5, 0.6) is 0 Å². The van der Waals surface area contributed by atoms with Crippen LogP contribution in [0.3, 0.4) is 0 Å². The van der Waals surface area contributed by atoms with E-state index in [9.17, 15) is 14.7 Å². The number of nitrogens with zero attached hydrogens (tertiary/aromatic N) is 4. The van der Waals surface area contributed by atoms with E-state index in [1.807, 2.05) is 6.07 Å². The number of hydrogen-bond acceptors (Lipinski definition) is 5. The topological polar surface area (TPSA) is 97.6 Å². The third-order valence-electron chi connectivity index (χ3n) is 4.24. The summed E-state index contributed by atoms with van der Waals surface area (Å²) >= 11 is 6.20. The van der Waals surface area contributed by atoms with Crippen molar-refractivity contribution in [3.8, 4) is 5.69 Å². The second-order valence-corrected chi connectivity index (χ2v) is 6.42. The van der Waals surface area contributed by atoms with Gasteiger partial charge in [-0.1, -0.05) is 23.7 Å². The number of aryl methyl sites for hydroxylation is 1. The monoisotopic (exact) mass is 378 g/mol. The van der Waals surface area contributed by atoms with Gasteiger partial charge in [-0.3, -0.25) is 9.59 Å². The number of amides is 1. The van der Waals surface area contributed by atoms with Crippen LogP contribution in [-0.2, 0) is 9.53 Å². The first-order valence-electron chi connectivity index (χ1n) is 8.26. The molecule has 1 fully saturated rings. The maximum Gasteiger partial charge on any atom is 0.323 e. The van der Waals surface area contributed by atoms with Crippen LogP contribution in [0.4, 0.5) is 0 Å². The number of carboxylic acid groups (broad SMARTS) is 1. The Morgan fingerprint density at radius 3 is 2.69 bits per heavy atom. The molecular formula is C17H19ClN4O4. The van der Waals surface area contributed by atoms with Gasteiger partial charge in [-0.05, 0) is 31.9 Å². The van der Waals surface area contributed by atoms with E-state index >= 15 is 0 Å². The van der Waals surface area contributed by atoms with E-state index in [0.29, 0.717) is 42.6 Å².